The Hall–Kier alpha value is -1.59. The topological polar surface area (TPSA) is 46.2 Å². The minimum atomic E-state index is -0.123. The Morgan fingerprint density at radius 3 is 2.58 bits per heavy atom. The summed E-state index contributed by atoms with van der Waals surface area (Å²) in [6.07, 6.45) is 0. The Morgan fingerprint density at radius 2 is 1.89 bits per heavy atom. The summed E-state index contributed by atoms with van der Waals surface area (Å²) in [5.41, 5.74) is 0.619. The van der Waals surface area contributed by atoms with Gasteiger partial charge < -0.3 is 5.32 Å². The van der Waals surface area contributed by atoms with Crippen LogP contribution >= 0.6 is 23.1 Å². The highest BCUT2D eigenvalue weighted by Crippen LogP contribution is 2.22. The molecule has 5 heteroatoms. The van der Waals surface area contributed by atoms with Crippen molar-refractivity contribution in [2.45, 2.75) is 4.21 Å². The van der Waals surface area contributed by atoms with E-state index in [-0.39, 0.29) is 18.2 Å². The Labute approximate surface area is 120 Å². The molecule has 0 radical (unpaired) electrons. The Balaban J connectivity index is 1.73. The van der Waals surface area contributed by atoms with Crippen molar-refractivity contribution in [3.05, 3.63) is 53.4 Å². The first-order valence-corrected chi connectivity index (χ1v) is 7.63. The molecule has 1 heterocycles. The molecule has 0 unspecified atom stereocenters. The quantitative estimate of drug-likeness (QED) is 0.657. The summed E-state index contributed by atoms with van der Waals surface area (Å²) in [6, 6.07) is 12.9. The highest BCUT2D eigenvalue weighted by molar-refractivity contribution is 8.01. The number of benzene rings is 1. The molecular formula is C14H13NO2S2. The zero-order valence-electron chi connectivity index (χ0n) is 10.2. The zero-order chi connectivity index (χ0) is 13.5. The maximum atomic E-state index is 11.8. The van der Waals surface area contributed by atoms with Crippen LogP contribution in [0.1, 0.15) is 10.4 Å². The molecule has 0 saturated carbocycles. The number of ketones is 1. The molecule has 0 fully saturated rings. The number of carbonyl (C=O) groups excluding carboxylic acids is 2. The van der Waals surface area contributed by atoms with Crippen LogP contribution in [0.3, 0.4) is 0 Å². The molecule has 1 aromatic carbocycles. The van der Waals surface area contributed by atoms with Gasteiger partial charge >= 0.3 is 0 Å². The van der Waals surface area contributed by atoms with Crippen LogP contribution in [0.25, 0.3) is 0 Å². The second kappa shape index (κ2) is 7.11. The number of rotatable bonds is 6. The third-order valence-electron chi connectivity index (χ3n) is 2.38. The fourth-order valence-corrected chi connectivity index (χ4v) is 3.05. The predicted molar refractivity (Wildman–Crippen MR) is 78.8 cm³/mol. The molecule has 98 valence electrons. The summed E-state index contributed by atoms with van der Waals surface area (Å²) < 4.78 is 1.10. The van der Waals surface area contributed by atoms with Crippen molar-refractivity contribution in [2.75, 3.05) is 12.3 Å². The standard InChI is InChI=1S/C14H13NO2S2/c16-12(11-5-2-1-3-6-11)9-15-13(17)10-19-14-7-4-8-18-14/h1-8H,9-10H2,(H,15,17). The van der Waals surface area contributed by atoms with Crippen LogP contribution < -0.4 is 5.32 Å². The number of amides is 1. The van der Waals surface area contributed by atoms with Gasteiger partial charge in [-0.15, -0.1) is 23.1 Å². The lowest BCUT2D eigenvalue weighted by atomic mass is 10.1. The van der Waals surface area contributed by atoms with E-state index < -0.39 is 0 Å². The monoisotopic (exact) mass is 291 g/mol. The molecule has 0 saturated heterocycles. The lowest BCUT2D eigenvalue weighted by Gasteiger charge is -2.04. The van der Waals surface area contributed by atoms with Crippen LogP contribution in [0.5, 0.6) is 0 Å². The molecule has 0 aliphatic heterocycles. The molecule has 0 aliphatic carbocycles. The van der Waals surface area contributed by atoms with E-state index in [4.69, 9.17) is 0 Å². The minimum Gasteiger partial charge on any atom is -0.348 e. The fourth-order valence-electron chi connectivity index (χ4n) is 1.44. The number of carbonyl (C=O) groups is 2. The Kier molecular flexibility index (Phi) is 5.18. The van der Waals surface area contributed by atoms with Gasteiger partial charge in [0.05, 0.1) is 16.5 Å². The fraction of sp³-hybridized carbons (Fsp3) is 0.143. The van der Waals surface area contributed by atoms with E-state index in [1.165, 1.54) is 11.8 Å². The number of thioether (sulfide) groups is 1. The van der Waals surface area contributed by atoms with E-state index in [0.717, 1.165) is 4.21 Å². The maximum absolute atomic E-state index is 11.8. The van der Waals surface area contributed by atoms with Crippen molar-refractivity contribution < 1.29 is 9.59 Å². The van der Waals surface area contributed by atoms with Crippen molar-refractivity contribution in [1.29, 1.82) is 0 Å². The number of thiophene rings is 1. The van der Waals surface area contributed by atoms with Gasteiger partial charge in [-0.2, -0.15) is 0 Å². The summed E-state index contributed by atoms with van der Waals surface area (Å²) in [7, 11) is 0. The average Bonchev–Trinajstić information content (AvgIpc) is 2.96. The first-order valence-electron chi connectivity index (χ1n) is 5.77. The molecule has 3 nitrogen and oxygen atoms in total. The van der Waals surface area contributed by atoms with Gasteiger partial charge in [0.1, 0.15) is 0 Å². The molecule has 0 atom stereocenters. The zero-order valence-corrected chi connectivity index (χ0v) is 11.8. The summed E-state index contributed by atoms with van der Waals surface area (Å²) in [4.78, 5) is 23.4. The van der Waals surface area contributed by atoms with E-state index in [1.54, 1.807) is 23.5 Å². The molecule has 0 aliphatic rings. The average molecular weight is 291 g/mol. The summed E-state index contributed by atoms with van der Waals surface area (Å²) in [5.74, 6) is 0.139. The van der Waals surface area contributed by atoms with Crippen molar-refractivity contribution in [2.24, 2.45) is 0 Å². The highest BCUT2D eigenvalue weighted by Gasteiger charge is 2.08. The van der Waals surface area contributed by atoms with Gasteiger partial charge in [0.15, 0.2) is 5.78 Å². The molecule has 0 spiro atoms. The van der Waals surface area contributed by atoms with Crippen LogP contribution in [-0.2, 0) is 4.79 Å². The summed E-state index contributed by atoms with van der Waals surface area (Å²) >= 11 is 3.08. The van der Waals surface area contributed by atoms with E-state index in [0.29, 0.717) is 11.3 Å². The number of hydrogen-bond acceptors (Lipinski definition) is 4. The van der Waals surface area contributed by atoms with Crippen LogP contribution in [0.4, 0.5) is 0 Å². The van der Waals surface area contributed by atoms with Crippen LogP contribution in [0.15, 0.2) is 52.1 Å². The van der Waals surface area contributed by atoms with E-state index >= 15 is 0 Å². The summed E-state index contributed by atoms with van der Waals surface area (Å²) in [5, 5.41) is 4.61. The molecule has 0 bridgehead atoms. The largest absolute Gasteiger partial charge is 0.348 e. The van der Waals surface area contributed by atoms with Gasteiger partial charge in [0, 0.05) is 5.56 Å². The molecular weight excluding hydrogens is 278 g/mol. The molecule has 2 rings (SSSR count). The first kappa shape index (κ1) is 13.8. The van der Waals surface area contributed by atoms with Gasteiger partial charge in [-0.05, 0) is 11.4 Å². The van der Waals surface area contributed by atoms with Gasteiger partial charge in [0.2, 0.25) is 5.91 Å². The third kappa shape index (κ3) is 4.54. The SMILES string of the molecule is O=C(CSc1cccs1)NCC(=O)c1ccccc1. The smallest absolute Gasteiger partial charge is 0.230 e. The molecule has 2 aromatic rings. The van der Waals surface area contributed by atoms with Crippen LogP contribution in [0, 0.1) is 0 Å². The summed E-state index contributed by atoms with van der Waals surface area (Å²) in [6.45, 7) is 0.0495. The third-order valence-corrected chi connectivity index (χ3v) is 4.51. The minimum absolute atomic E-state index is 0.0495. The van der Waals surface area contributed by atoms with Crippen molar-refractivity contribution in [3.8, 4) is 0 Å². The lowest BCUT2D eigenvalue weighted by Crippen LogP contribution is -2.30. The van der Waals surface area contributed by atoms with Crippen molar-refractivity contribution in [1.82, 2.24) is 5.32 Å². The van der Waals surface area contributed by atoms with Crippen LogP contribution in [0.2, 0.25) is 0 Å². The van der Waals surface area contributed by atoms with Crippen LogP contribution in [-0.4, -0.2) is 24.0 Å². The second-order valence-corrected chi connectivity index (χ2v) is 6.01. The molecule has 19 heavy (non-hydrogen) atoms. The Morgan fingerprint density at radius 1 is 1.11 bits per heavy atom. The van der Waals surface area contributed by atoms with Gasteiger partial charge in [-0.1, -0.05) is 36.4 Å². The Bertz CT molecular complexity index is 538. The lowest BCUT2D eigenvalue weighted by molar-refractivity contribution is -0.118. The highest BCUT2D eigenvalue weighted by atomic mass is 32.2. The predicted octanol–water partition coefficient (Wildman–Crippen LogP) is 2.84. The van der Waals surface area contributed by atoms with Crippen molar-refractivity contribution in [3.63, 3.8) is 0 Å². The normalized spacial score (nSPS) is 10.1. The van der Waals surface area contributed by atoms with Gasteiger partial charge in [-0.25, -0.2) is 0 Å². The van der Waals surface area contributed by atoms with E-state index in [1.807, 2.05) is 35.7 Å². The number of nitrogens with one attached hydrogen (secondary N) is 1. The molecule has 1 N–H and O–H groups in total. The first-order chi connectivity index (χ1) is 9.25. The number of Topliss-reactive ketones (excluding diaryl/α,β-unsaturated/α-hetero) is 1. The molecule has 1 amide bonds. The maximum Gasteiger partial charge on any atom is 0.230 e. The van der Waals surface area contributed by atoms with Crippen molar-refractivity contribution >= 4 is 34.8 Å². The van der Waals surface area contributed by atoms with Gasteiger partial charge in [0.25, 0.3) is 0 Å². The number of hydrogen-bond donors (Lipinski definition) is 1. The van der Waals surface area contributed by atoms with E-state index in [2.05, 4.69) is 5.32 Å². The van der Waals surface area contributed by atoms with E-state index in [9.17, 15) is 9.59 Å². The van der Waals surface area contributed by atoms with Gasteiger partial charge in [-0.3, -0.25) is 9.59 Å². The second-order valence-electron chi connectivity index (χ2n) is 3.79. The molecule has 1 aromatic heterocycles.